The molecule has 3 rings (SSSR count). The van der Waals surface area contributed by atoms with Crippen LogP contribution in [0.25, 0.3) is 0 Å². The number of rotatable bonds is 2. The van der Waals surface area contributed by atoms with Crippen LogP contribution < -0.4 is 5.32 Å². The maximum absolute atomic E-state index is 12.1. The first-order valence-corrected chi connectivity index (χ1v) is 6.09. The van der Waals surface area contributed by atoms with E-state index in [1.807, 2.05) is 11.6 Å². The Bertz CT molecular complexity index is 583. The molecule has 18 heavy (non-hydrogen) atoms. The maximum atomic E-state index is 12.1. The van der Waals surface area contributed by atoms with Crippen LogP contribution in [0.15, 0.2) is 18.5 Å². The number of nitrogens with zero attached hydrogens (tertiary/aromatic N) is 4. The molecule has 1 amide bonds. The fourth-order valence-electron chi connectivity index (χ4n) is 2.26. The van der Waals surface area contributed by atoms with Gasteiger partial charge in [0.25, 0.3) is 5.91 Å². The molecule has 0 radical (unpaired) electrons. The number of amides is 1. The van der Waals surface area contributed by atoms with Crippen LogP contribution in [0.4, 0.5) is 5.82 Å². The molecule has 6 nitrogen and oxygen atoms in total. The van der Waals surface area contributed by atoms with Crippen molar-refractivity contribution >= 4 is 11.7 Å². The first-order valence-electron chi connectivity index (χ1n) is 6.09. The highest BCUT2D eigenvalue weighted by Crippen LogP contribution is 2.16. The standard InChI is InChI=1S/C12H15N5O/c1-16-7-5-10(15-16)14-12(18)9-8-13-11-4-2-3-6-17(9)11/h5,7-8H,2-4,6H2,1H3,(H,14,15,18). The van der Waals surface area contributed by atoms with E-state index in [2.05, 4.69) is 15.4 Å². The first kappa shape index (κ1) is 11.0. The summed E-state index contributed by atoms with van der Waals surface area (Å²) in [5, 5.41) is 6.91. The van der Waals surface area contributed by atoms with Gasteiger partial charge in [-0.1, -0.05) is 0 Å². The van der Waals surface area contributed by atoms with Crippen molar-refractivity contribution in [1.82, 2.24) is 19.3 Å². The van der Waals surface area contributed by atoms with E-state index in [1.54, 1.807) is 23.1 Å². The molecule has 0 spiro atoms. The van der Waals surface area contributed by atoms with Gasteiger partial charge in [0.1, 0.15) is 11.5 Å². The molecule has 2 aromatic rings. The number of hydrogen-bond acceptors (Lipinski definition) is 3. The van der Waals surface area contributed by atoms with Crippen LogP contribution in [0.2, 0.25) is 0 Å². The molecule has 0 aromatic carbocycles. The van der Waals surface area contributed by atoms with E-state index in [0.717, 1.165) is 31.6 Å². The second kappa shape index (κ2) is 4.29. The van der Waals surface area contributed by atoms with Crippen LogP contribution in [0, 0.1) is 0 Å². The topological polar surface area (TPSA) is 64.7 Å². The van der Waals surface area contributed by atoms with Gasteiger partial charge in [-0.25, -0.2) is 4.98 Å². The molecule has 0 unspecified atom stereocenters. The fourth-order valence-corrected chi connectivity index (χ4v) is 2.26. The summed E-state index contributed by atoms with van der Waals surface area (Å²) < 4.78 is 3.66. The Morgan fingerprint density at radius 2 is 2.33 bits per heavy atom. The van der Waals surface area contributed by atoms with Gasteiger partial charge in [0.15, 0.2) is 5.82 Å². The van der Waals surface area contributed by atoms with E-state index in [-0.39, 0.29) is 5.91 Å². The summed E-state index contributed by atoms with van der Waals surface area (Å²) >= 11 is 0. The summed E-state index contributed by atoms with van der Waals surface area (Å²) in [7, 11) is 1.82. The van der Waals surface area contributed by atoms with Crippen LogP contribution >= 0.6 is 0 Å². The Kier molecular flexibility index (Phi) is 2.62. The summed E-state index contributed by atoms with van der Waals surface area (Å²) in [4.78, 5) is 16.4. The number of carbonyl (C=O) groups excluding carboxylic acids is 1. The fraction of sp³-hybridized carbons (Fsp3) is 0.417. The third kappa shape index (κ3) is 1.90. The molecule has 0 aliphatic carbocycles. The van der Waals surface area contributed by atoms with Gasteiger partial charge in [-0.05, 0) is 12.8 Å². The van der Waals surface area contributed by atoms with Gasteiger partial charge in [0.2, 0.25) is 0 Å². The lowest BCUT2D eigenvalue weighted by molar-refractivity contribution is 0.101. The summed E-state index contributed by atoms with van der Waals surface area (Å²) in [6.45, 7) is 0.875. The molecular weight excluding hydrogens is 230 g/mol. The molecule has 6 heteroatoms. The van der Waals surface area contributed by atoms with Crippen molar-refractivity contribution in [2.75, 3.05) is 5.32 Å². The van der Waals surface area contributed by atoms with Crippen LogP contribution in [0.3, 0.4) is 0 Å². The molecule has 2 aromatic heterocycles. The molecule has 1 aliphatic heterocycles. The number of imidazole rings is 1. The third-order valence-electron chi connectivity index (χ3n) is 3.16. The molecule has 0 bridgehead atoms. The summed E-state index contributed by atoms with van der Waals surface area (Å²) in [5.41, 5.74) is 0.621. The lowest BCUT2D eigenvalue weighted by Gasteiger charge is -2.15. The predicted molar refractivity (Wildman–Crippen MR) is 66.3 cm³/mol. The summed E-state index contributed by atoms with van der Waals surface area (Å²) in [5.74, 6) is 1.43. The van der Waals surface area contributed by atoms with Gasteiger partial charge in [-0.3, -0.25) is 9.48 Å². The van der Waals surface area contributed by atoms with E-state index in [0.29, 0.717) is 11.5 Å². The van der Waals surface area contributed by atoms with Crippen molar-refractivity contribution in [1.29, 1.82) is 0 Å². The van der Waals surface area contributed by atoms with E-state index >= 15 is 0 Å². The van der Waals surface area contributed by atoms with Crippen LogP contribution in [0.1, 0.15) is 29.2 Å². The molecule has 3 heterocycles. The zero-order valence-electron chi connectivity index (χ0n) is 10.3. The quantitative estimate of drug-likeness (QED) is 0.864. The number of hydrogen-bond donors (Lipinski definition) is 1. The van der Waals surface area contributed by atoms with Gasteiger partial charge in [-0.15, -0.1) is 0 Å². The normalized spacial score (nSPS) is 14.3. The van der Waals surface area contributed by atoms with E-state index in [4.69, 9.17) is 0 Å². The lowest BCUT2D eigenvalue weighted by Crippen LogP contribution is -2.20. The molecule has 0 atom stereocenters. The Labute approximate surface area is 105 Å². The monoisotopic (exact) mass is 245 g/mol. The SMILES string of the molecule is Cn1ccc(NC(=O)c2cnc3n2CCCC3)n1. The summed E-state index contributed by atoms with van der Waals surface area (Å²) in [6, 6.07) is 1.77. The number of nitrogens with one attached hydrogen (secondary N) is 1. The molecule has 94 valence electrons. The molecule has 0 saturated heterocycles. The second-order valence-corrected chi connectivity index (χ2v) is 4.50. The zero-order valence-corrected chi connectivity index (χ0v) is 10.3. The van der Waals surface area contributed by atoms with Crippen molar-refractivity contribution in [3.05, 3.63) is 30.0 Å². The molecule has 1 aliphatic rings. The minimum absolute atomic E-state index is 0.144. The van der Waals surface area contributed by atoms with Crippen molar-refractivity contribution in [2.24, 2.45) is 7.05 Å². The number of carbonyl (C=O) groups is 1. The lowest BCUT2D eigenvalue weighted by atomic mass is 10.1. The average Bonchev–Trinajstić information content (AvgIpc) is 2.95. The van der Waals surface area contributed by atoms with Crippen LogP contribution in [-0.2, 0) is 20.0 Å². The predicted octanol–water partition coefficient (Wildman–Crippen LogP) is 1.21. The van der Waals surface area contributed by atoms with E-state index in [9.17, 15) is 4.79 Å². The van der Waals surface area contributed by atoms with Gasteiger partial charge >= 0.3 is 0 Å². The van der Waals surface area contributed by atoms with Crippen molar-refractivity contribution < 1.29 is 4.79 Å². The number of aryl methyl sites for hydroxylation is 2. The van der Waals surface area contributed by atoms with Gasteiger partial charge in [-0.2, -0.15) is 5.10 Å². The van der Waals surface area contributed by atoms with E-state index < -0.39 is 0 Å². The molecule has 0 saturated carbocycles. The van der Waals surface area contributed by atoms with Crippen LogP contribution in [0.5, 0.6) is 0 Å². The van der Waals surface area contributed by atoms with Gasteiger partial charge in [0.05, 0.1) is 6.20 Å². The Morgan fingerprint density at radius 1 is 1.44 bits per heavy atom. The summed E-state index contributed by atoms with van der Waals surface area (Å²) in [6.07, 6.45) is 6.66. The number of aromatic nitrogens is 4. The largest absolute Gasteiger partial charge is 0.324 e. The van der Waals surface area contributed by atoms with E-state index in [1.165, 1.54) is 0 Å². The Balaban J connectivity index is 1.82. The highest BCUT2D eigenvalue weighted by molar-refractivity contribution is 6.02. The van der Waals surface area contributed by atoms with Crippen molar-refractivity contribution in [3.63, 3.8) is 0 Å². The highest BCUT2D eigenvalue weighted by atomic mass is 16.2. The minimum Gasteiger partial charge on any atom is -0.324 e. The number of fused-ring (bicyclic) bond motifs is 1. The smallest absolute Gasteiger partial charge is 0.275 e. The van der Waals surface area contributed by atoms with Crippen LogP contribution in [-0.4, -0.2) is 25.2 Å². The third-order valence-corrected chi connectivity index (χ3v) is 3.16. The maximum Gasteiger partial charge on any atom is 0.275 e. The molecular formula is C12H15N5O. The van der Waals surface area contributed by atoms with Crippen molar-refractivity contribution in [2.45, 2.75) is 25.8 Å². The number of anilines is 1. The first-order chi connectivity index (χ1) is 8.74. The molecule has 1 N–H and O–H groups in total. The molecule has 0 fully saturated rings. The van der Waals surface area contributed by atoms with Gasteiger partial charge < -0.3 is 9.88 Å². The minimum atomic E-state index is -0.144. The van der Waals surface area contributed by atoms with Crippen molar-refractivity contribution in [3.8, 4) is 0 Å². The second-order valence-electron chi connectivity index (χ2n) is 4.50. The highest BCUT2D eigenvalue weighted by Gasteiger charge is 2.19. The zero-order chi connectivity index (χ0) is 12.5. The Hall–Kier alpha value is -2.11. The Morgan fingerprint density at radius 3 is 3.11 bits per heavy atom. The average molecular weight is 245 g/mol. The van der Waals surface area contributed by atoms with Gasteiger partial charge in [0, 0.05) is 32.3 Å².